The summed E-state index contributed by atoms with van der Waals surface area (Å²) in [6.45, 7) is 0.657. The number of hydrogen-bond donors (Lipinski definition) is 1. The molecule has 0 atom stereocenters. The van der Waals surface area contributed by atoms with Crippen molar-refractivity contribution in [2.45, 2.75) is 6.54 Å². The van der Waals surface area contributed by atoms with Gasteiger partial charge in [-0.05, 0) is 17.2 Å². The van der Waals surface area contributed by atoms with Crippen molar-refractivity contribution < 1.29 is 4.74 Å². The van der Waals surface area contributed by atoms with E-state index in [1.165, 1.54) is 0 Å². The Morgan fingerprint density at radius 3 is 2.76 bits per heavy atom. The summed E-state index contributed by atoms with van der Waals surface area (Å²) in [6.07, 6.45) is 1.54. The lowest BCUT2D eigenvalue weighted by Crippen LogP contribution is -2.04. The van der Waals surface area contributed by atoms with Crippen LogP contribution >= 0.6 is 11.6 Å². The molecule has 0 saturated heterocycles. The summed E-state index contributed by atoms with van der Waals surface area (Å²) in [5.41, 5.74) is 1.16. The van der Waals surface area contributed by atoms with Crippen molar-refractivity contribution >= 4 is 17.4 Å². The number of ether oxygens (including phenoxy) is 1. The van der Waals surface area contributed by atoms with E-state index >= 15 is 0 Å². The fraction of sp³-hybridized carbons (Fsp3) is 0.167. The Morgan fingerprint density at radius 1 is 1.29 bits per heavy atom. The second-order valence-corrected chi connectivity index (χ2v) is 3.73. The minimum absolute atomic E-state index is 0.196. The summed E-state index contributed by atoms with van der Waals surface area (Å²) in [4.78, 5) is 7.93. The maximum Gasteiger partial charge on any atom is 0.224 e. The van der Waals surface area contributed by atoms with Crippen molar-refractivity contribution in [1.29, 1.82) is 0 Å². The largest absolute Gasteiger partial charge is 0.491 e. The number of methoxy groups -OCH3 is 1. The van der Waals surface area contributed by atoms with Gasteiger partial charge in [0.05, 0.1) is 13.3 Å². The van der Waals surface area contributed by atoms with Gasteiger partial charge in [-0.25, -0.2) is 4.98 Å². The van der Waals surface area contributed by atoms with Crippen LogP contribution in [0.3, 0.4) is 0 Å². The fourth-order valence-corrected chi connectivity index (χ4v) is 1.54. The smallest absolute Gasteiger partial charge is 0.224 e. The van der Waals surface area contributed by atoms with E-state index in [9.17, 15) is 0 Å². The van der Waals surface area contributed by atoms with Gasteiger partial charge in [0, 0.05) is 6.54 Å². The number of benzene rings is 1. The molecular weight excluding hydrogens is 238 g/mol. The number of aromatic nitrogens is 2. The van der Waals surface area contributed by atoms with Gasteiger partial charge in [0.2, 0.25) is 5.28 Å². The number of anilines is 1. The van der Waals surface area contributed by atoms with Crippen LogP contribution in [0.2, 0.25) is 5.28 Å². The zero-order valence-corrected chi connectivity index (χ0v) is 10.1. The molecule has 4 nitrogen and oxygen atoms in total. The zero-order chi connectivity index (χ0) is 12.1. The topological polar surface area (TPSA) is 47.0 Å². The molecule has 1 heterocycles. The van der Waals surface area contributed by atoms with E-state index in [0.29, 0.717) is 18.1 Å². The highest BCUT2D eigenvalue weighted by atomic mass is 35.5. The van der Waals surface area contributed by atoms with Crippen LogP contribution in [0.25, 0.3) is 0 Å². The molecule has 0 saturated carbocycles. The van der Waals surface area contributed by atoms with Crippen LogP contribution in [0.4, 0.5) is 5.82 Å². The molecule has 2 aromatic rings. The van der Waals surface area contributed by atoms with Gasteiger partial charge >= 0.3 is 0 Å². The molecule has 0 aliphatic rings. The molecule has 0 aliphatic carbocycles. The summed E-state index contributed by atoms with van der Waals surface area (Å²) in [7, 11) is 1.57. The SMILES string of the molecule is COc1cnc(Cl)nc1NCc1ccccc1. The van der Waals surface area contributed by atoms with Crippen molar-refractivity contribution in [3.8, 4) is 5.75 Å². The summed E-state index contributed by atoms with van der Waals surface area (Å²) >= 11 is 5.74. The van der Waals surface area contributed by atoms with Crippen molar-refractivity contribution in [2.24, 2.45) is 0 Å². The quantitative estimate of drug-likeness (QED) is 0.847. The first-order chi connectivity index (χ1) is 8.29. The van der Waals surface area contributed by atoms with Gasteiger partial charge in [0.15, 0.2) is 11.6 Å². The number of halogens is 1. The predicted octanol–water partition coefficient (Wildman–Crippen LogP) is 2.75. The monoisotopic (exact) mass is 249 g/mol. The van der Waals surface area contributed by atoms with Gasteiger partial charge in [-0.1, -0.05) is 30.3 Å². The summed E-state index contributed by atoms with van der Waals surface area (Å²) in [5, 5.41) is 3.36. The average molecular weight is 250 g/mol. The third-order valence-electron chi connectivity index (χ3n) is 2.25. The lowest BCUT2D eigenvalue weighted by atomic mass is 10.2. The molecular formula is C12H12ClN3O. The van der Waals surface area contributed by atoms with Crippen molar-refractivity contribution in [1.82, 2.24) is 9.97 Å². The maximum absolute atomic E-state index is 5.74. The molecule has 0 radical (unpaired) electrons. The molecule has 0 spiro atoms. The Labute approximate surface area is 105 Å². The standard InChI is InChI=1S/C12H12ClN3O/c1-17-10-8-15-12(13)16-11(10)14-7-9-5-3-2-4-6-9/h2-6,8H,7H2,1H3,(H,14,15,16). The van der Waals surface area contributed by atoms with Crippen LogP contribution in [0.5, 0.6) is 5.75 Å². The van der Waals surface area contributed by atoms with Crippen LogP contribution in [0, 0.1) is 0 Å². The summed E-state index contributed by atoms with van der Waals surface area (Å²) in [6, 6.07) is 10.0. The van der Waals surface area contributed by atoms with Crippen LogP contribution in [-0.2, 0) is 6.54 Å². The number of hydrogen-bond acceptors (Lipinski definition) is 4. The minimum atomic E-state index is 0.196. The minimum Gasteiger partial charge on any atom is -0.491 e. The maximum atomic E-state index is 5.74. The predicted molar refractivity (Wildman–Crippen MR) is 67.4 cm³/mol. The van der Waals surface area contributed by atoms with Gasteiger partial charge in [-0.15, -0.1) is 0 Å². The Kier molecular flexibility index (Phi) is 3.77. The van der Waals surface area contributed by atoms with Crippen LogP contribution in [0.1, 0.15) is 5.56 Å². The van der Waals surface area contributed by atoms with Crippen LogP contribution in [0.15, 0.2) is 36.5 Å². The Hall–Kier alpha value is -1.81. The van der Waals surface area contributed by atoms with E-state index in [-0.39, 0.29) is 5.28 Å². The highest BCUT2D eigenvalue weighted by Crippen LogP contribution is 2.22. The molecule has 1 aromatic heterocycles. The van der Waals surface area contributed by atoms with E-state index < -0.39 is 0 Å². The van der Waals surface area contributed by atoms with Crippen LogP contribution < -0.4 is 10.1 Å². The van der Waals surface area contributed by atoms with Gasteiger partial charge in [-0.3, -0.25) is 0 Å². The molecule has 0 bridgehead atoms. The normalized spacial score (nSPS) is 10.0. The average Bonchev–Trinajstić information content (AvgIpc) is 2.38. The highest BCUT2D eigenvalue weighted by Gasteiger charge is 2.05. The molecule has 0 unspecified atom stereocenters. The molecule has 1 aromatic carbocycles. The summed E-state index contributed by atoms with van der Waals surface area (Å²) in [5.74, 6) is 1.17. The number of nitrogens with one attached hydrogen (secondary N) is 1. The van der Waals surface area contributed by atoms with Crippen molar-refractivity contribution in [2.75, 3.05) is 12.4 Å². The molecule has 1 N–H and O–H groups in total. The zero-order valence-electron chi connectivity index (χ0n) is 9.35. The Bertz CT molecular complexity index is 490. The van der Waals surface area contributed by atoms with E-state index in [0.717, 1.165) is 5.56 Å². The molecule has 88 valence electrons. The molecule has 5 heteroatoms. The number of nitrogens with zero attached hydrogens (tertiary/aromatic N) is 2. The van der Waals surface area contributed by atoms with Crippen molar-refractivity contribution in [3.63, 3.8) is 0 Å². The lowest BCUT2D eigenvalue weighted by molar-refractivity contribution is 0.412. The van der Waals surface area contributed by atoms with E-state index in [4.69, 9.17) is 16.3 Å². The van der Waals surface area contributed by atoms with E-state index in [2.05, 4.69) is 15.3 Å². The van der Waals surface area contributed by atoms with E-state index in [1.54, 1.807) is 13.3 Å². The lowest BCUT2D eigenvalue weighted by Gasteiger charge is -2.09. The van der Waals surface area contributed by atoms with E-state index in [1.807, 2.05) is 30.3 Å². The first-order valence-electron chi connectivity index (χ1n) is 5.14. The Morgan fingerprint density at radius 2 is 2.06 bits per heavy atom. The second kappa shape index (κ2) is 5.50. The summed E-state index contributed by atoms with van der Waals surface area (Å²) < 4.78 is 5.14. The van der Waals surface area contributed by atoms with Crippen molar-refractivity contribution in [3.05, 3.63) is 47.4 Å². The second-order valence-electron chi connectivity index (χ2n) is 3.40. The third kappa shape index (κ3) is 3.07. The third-order valence-corrected chi connectivity index (χ3v) is 2.43. The van der Waals surface area contributed by atoms with Crippen LogP contribution in [-0.4, -0.2) is 17.1 Å². The molecule has 17 heavy (non-hydrogen) atoms. The highest BCUT2D eigenvalue weighted by molar-refractivity contribution is 6.28. The molecule has 0 amide bonds. The molecule has 0 fully saturated rings. The van der Waals surface area contributed by atoms with Gasteiger partial charge in [0.25, 0.3) is 0 Å². The van der Waals surface area contributed by atoms with Gasteiger partial charge in [-0.2, -0.15) is 4.98 Å². The first kappa shape index (κ1) is 11.7. The van der Waals surface area contributed by atoms with Gasteiger partial charge < -0.3 is 10.1 Å². The molecule has 0 aliphatic heterocycles. The fourth-order valence-electron chi connectivity index (χ4n) is 1.41. The molecule has 2 rings (SSSR count). The first-order valence-corrected chi connectivity index (χ1v) is 5.51. The van der Waals surface area contributed by atoms with Gasteiger partial charge in [0.1, 0.15) is 0 Å². The Balaban J connectivity index is 2.11. The number of rotatable bonds is 4.